The summed E-state index contributed by atoms with van der Waals surface area (Å²) in [6.07, 6.45) is -9.59. The second-order valence-electron chi connectivity index (χ2n) is 11.5. The molecule has 44 heavy (non-hydrogen) atoms. The van der Waals surface area contributed by atoms with E-state index in [4.69, 9.17) is 9.47 Å². The number of carbonyl (C=O) groups excluding carboxylic acids is 1. The molecule has 242 valence electrons. The minimum absolute atomic E-state index is 0.0876. The Bertz CT molecular complexity index is 1350. The number of hydrogen-bond donors (Lipinski definition) is 2. The number of carbonyl (C=O) groups is 1. The molecule has 3 aliphatic rings. The molecule has 2 fully saturated rings. The Morgan fingerprint density at radius 3 is 2.32 bits per heavy atom. The van der Waals surface area contributed by atoms with Crippen molar-refractivity contribution >= 4 is 11.6 Å². The van der Waals surface area contributed by atoms with Gasteiger partial charge in [0.25, 0.3) is 5.60 Å². The van der Waals surface area contributed by atoms with Crippen LogP contribution in [0.15, 0.2) is 30.5 Å². The first-order valence-corrected chi connectivity index (χ1v) is 14.4. The SMILES string of the molecule is CCCc1cc(C(O)(C(F)(F)F)C(F)(F)F)ccc1N1CCN(C(=O)CN2CNC(C)(c3cc4c(cn3)OCCO4)C2)CC1. The largest absolute Gasteiger partial charge is 0.486 e. The molecular weight excluding hydrogens is 596 g/mol. The highest BCUT2D eigenvalue weighted by atomic mass is 19.4. The van der Waals surface area contributed by atoms with Gasteiger partial charge in [-0.15, -0.1) is 0 Å². The van der Waals surface area contributed by atoms with E-state index in [0.29, 0.717) is 82.3 Å². The molecule has 1 aromatic heterocycles. The fraction of sp³-hybridized carbons (Fsp3) is 0.586. The standard InChI is InChI=1S/C29H35F6N5O4/c1-3-4-19-13-20(27(42,28(30,31)32)29(33,34)35)5-6-21(19)39-7-9-40(10-8-39)25(41)16-38-17-26(2,37-18-38)24-14-22-23(15-36-24)44-12-11-43-22/h5-6,13-15,37,42H,3-4,7-12,16-18H2,1-2H3. The number of aliphatic hydroxyl groups is 1. The molecule has 2 saturated heterocycles. The lowest BCUT2D eigenvalue weighted by Crippen LogP contribution is -2.54. The third kappa shape index (κ3) is 6.01. The van der Waals surface area contributed by atoms with Gasteiger partial charge in [0.2, 0.25) is 5.91 Å². The van der Waals surface area contributed by atoms with E-state index >= 15 is 0 Å². The molecule has 0 spiro atoms. The van der Waals surface area contributed by atoms with E-state index in [9.17, 15) is 36.2 Å². The molecule has 0 radical (unpaired) electrons. The molecule has 1 atom stereocenters. The van der Waals surface area contributed by atoms with Gasteiger partial charge in [0.15, 0.2) is 11.5 Å². The van der Waals surface area contributed by atoms with Crippen LogP contribution in [0.4, 0.5) is 32.0 Å². The molecule has 1 aromatic carbocycles. The molecule has 2 aromatic rings. The Morgan fingerprint density at radius 2 is 1.68 bits per heavy atom. The highest BCUT2D eigenvalue weighted by Gasteiger charge is 2.71. The first-order valence-electron chi connectivity index (χ1n) is 14.4. The van der Waals surface area contributed by atoms with E-state index < -0.39 is 29.1 Å². The molecular formula is C29H35F6N5O4. The van der Waals surface area contributed by atoms with Crippen LogP contribution < -0.4 is 19.7 Å². The van der Waals surface area contributed by atoms with Crippen molar-refractivity contribution in [1.29, 1.82) is 0 Å². The molecule has 0 bridgehead atoms. The van der Waals surface area contributed by atoms with Crippen LogP contribution in [0.2, 0.25) is 0 Å². The average molecular weight is 632 g/mol. The van der Waals surface area contributed by atoms with Crippen molar-refractivity contribution in [2.24, 2.45) is 0 Å². The van der Waals surface area contributed by atoms with Gasteiger partial charge in [0.1, 0.15) is 13.2 Å². The number of halogens is 6. The second kappa shape index (κ2) is 11.9. The number of anilines is 1. The van der Waals surface area contributed by atoms with Gasteiger partial charge in [0, 0.05) is 56.7 Å². The van der Waals surface area contributed by atoms with Gasteiger partial charge in [-0.05, 0) is 25.0 Å². The van der Waals surface area contributed by atoms with E-state index in [1.165, 1.54) is 6.07 Å². The van der Waals surface area contributed by atoms with Crippen LogP contribution in [0.25, 0.3) is 0 Å². The molecule has 0 saturated carbocycles. The van der Waals surface area contributed by atoms with Gasteiger partial charge in [-0.1, -0.05) is 25.5 Å². The number of nitrogens with one attached hydrogen (secondary N) is 1. The zero-order valence-corrected chi connectivity index (χ0v) is 24.4. The van der Waals surface area contributed by atoms with Gasteiger partial charge >= 0.3 is 12.4 Å². The average Bonchev–Trinajstić information content (AvgIpc) is 3.36. The normalized spacial score (nSPS) is 21.6. The van der Waals surface area contributed by atoms with E-state index in [1.807, 2.05) is 22.8 Å². The minimum atomic E-state index is -5.95. The summed E-state index contributed by atoms with van der Waals surface area (Å²) >= 11 is 0. The quantitative estimate of drug-likeness (QED) is 0.449. The number of piperazine rings is 1. The summed E-state index contributed by atoms with van der Waals surface area (Å²) in [6, 6.07) is 4.52. The molecule has 9 nitrogen and oxygen atoms in total. The molecule has 1 amide bonds. The van der Waals surface area contributed by atoms with E-state index in [1.54, 1.807) is 18.0 Å². The summed E-state index contributed by atoms with van der Waals surface area (Å²) in [5.41, 5.74) is -5.24. The zero-order chi connectivity index (χ0) is 31.9. The highest BCUT2D eigenvalue weighted by Crippen LogP contribution is 2.50. The molecule has 4 heterocycles. The number of hydrogen-bond acceptors (Lipinski definition) is 8. The highest BCUT2D eigenvalue weighted by molar-refractivity contribution is 5.78. The predicted octanol–water partition coefficient (Wildman–Crippen LogP) is 3.54. The first kappa shape index (κ1) is 32.1. The summed E-state index contributed by atoms with van der Waals surface area (Å²) in [6.45, 7) is 7.21. The van der Waals surface area contributed by atoms with Gasteiger partial charge in [-0.25, -0.2) is 0 Å². The lowest BCUT2D eigenvalue weighted by molar-refractivity contribution is -0.376. The number of amides is 1. The Morgan fingerprint density at radius 1 is 1.02 bits per heavy atom. The van der Waals surface area contributed by atoms with E-state index in [0.717, 1.165) is 11.8 Å². The molecule has 15 heteroatoms. The Hall–Kier alpha value is -3.30. The maximum absolute atomic E-state index is 13.5. The molecule has 0 aliphatic carbocycles. The van der Waals surface area contributed by atoms with Crippen molar-refractivity contribution < 1.29 is 45.7 Å². The van der Waals surface area contributed by atoms with Crippen molar-refractivity contribution in [1.82, 2.24) is 20.1 Å². The summed E-state index contributed by atoms with van der Waals surface area (Å²) in [5, 5.41) is 13.3. The van der Waals surface area contributed by atoms with Crippen LogP contribution in [0.5, 0.6) is 11.5 Å². The summed E-state index contributed by atoms with van der Waals surface area (Å²) < 4.78 is 92.1. The number of rotatable bonds is 7. The lowest BCUT2D eigenvalue weighted by atomic mass is 9.89. The van der Waals surface area contributed by atoms with Gasteiger partial charge in [-0.3, -0.25) is 20.0 Å². The second-order valence-corrected chi connectivity index (χ2v) is 11.5. The Balaban J connectivity index is 1.22. The lowest BCUT2D eigenvalue weighted by Gasteiger charge is -2.38. The van der Waals surface area contributed by atoms with Crippen molar-refractivity contribution in [3.63, 3.8) is 0 Å². The van der Waals surface area contributed by atoms with Crippen LogP contribution >= 0.6 is 0 Å². The van der Waals surface area contributed by atoms with Crippen molar-refractivity contribution in [2.45, 2.75) is 50.2 Å². The number of alkyl halides is 6. The van der Waals surface area contributed by atoms with Crippen molar-refractivity contribution in [3.05, 3.63) is 47.3 Å². The topological polar surface area (TPSA) is 90.4 Å². The maximum atomic E-state index is 13.5. The maximum Gasteiger partial charge on any atom is 0.430 e. The number of aryl methyl sites for hydroxylation is 1. The van der Waals surface area contributed by atoms with Crippen LogP contribution in [-0.2, 0) is 22.4 Å². The molecule has 5 rings (SSSR count). The summed E-state index contributed by atoms with van der Waals surface area (Å²) in [7, 11) is 0. The number of ether oxygens (including phenoxy) is 2. The van der Waals surface area contributed by atoms with E-state index in [2.05, 4.69) is 10.3 Å². The zero-order valence-electron chi connectivity index (χ0n) is 24.4. The fourth-order valence-corrected chi connectivity index (χ4v) is 5.94. The number of aromatic nitrogens is 1. The molecule has 1 unspecified atom stereocenters. The monoisotopic (exact) mass is 631 g/mol. The Labute approximate surface area is 250 Å². The number of fused-ring (bicyclic) bond motifs is 1. The van der Waals surface area contributed by atoms with Crippen LogP contribution in [0.1, 0.15) is 37.1 Å². The molecule has 2 N–H and O–H groups in total. The van der Waals surface area contributed by atoms with Crippen LogP contribution in [0, 0.1) is 0 Å². The van der Waals surface area contributed by atoms with Gasteiger partial charge in [-0.2, -0.15) is 26.3 Å². The third-order valence-corrected chi connectivity index (χ3v) is 8.40. The third-order valence-electron chi connectivity index (χ3n) is 8.40. The fourth-order valence-electron chi connectivity index (χ4n) is 5.94. The summed E-state index contributed by atoms with van der Waals surface area (Å²) in [4.78, 5) is 23.3. The van der Waals surface area contributed by atoms with Crippen LogP contribution in [0.3, 0.4) is 0 Å². The van der Waals surface area contributed by atoms with Gasteiger partial charge < -0.3 is 24.4 Å². The first-order chi connectivity index (χ1) is 20.7. The van der Waals surface area contributed by atoms with Crippen molar-refractivity contribution in [2.75, 3.05) is 64.1 Å². The summed E-state index contributed by atoms with van der Waals surface area (Å²) in [5.74, 6) is 1.13. The molecule has 3 aliphatic heterocycles. The predicted molar refractivity (Wildman–Crippen MR) is 147 cm³/mol. The number of nitrogens with zero attached hydrogens (tertiary/aromatic N) is 4. The van der Waals surface area contributed by atoms with Crippen LogP contribution in [-0.4, -0.2) is 97.3 Å². The van der Waals surface area contributed by atoms with Crippen molar-refractivity contribution in [3.8, 4) is 11.5 Å². The minimum Gasteiger partial charge on any atom is -0.486 e. The Kier molecular flexibility index (Phi) is 8.68. The smallest absolute Gasteiger partial charge is 0.430 e. The van der Waals surface area contributed by atoms with Gasteiger partial charge in [0.05, 0.1) is 24.0 Å². The number of pyridine rings is 1. The van der Waals surface area contributed by atoms with E-state index in [-0.39, 0.29) is 24.4 Å². The number of benzene rings is 1.